The van der Waals surface area contributed by atoms with Gasteiger partial charge in [-0.2, -0.15) is 0 Å². The summed E-state index contributed by atoms with van der Waals surface area (Å²) in [5.41, 5.74) is 1.53. The molecule has 0 unspecified atom stereocenters. The molecular weight excluding hydrogens is 240 g/mol. The van der Waals surface area contributed by atoms with E-state index in [0.29, 0.717) is 5.56 Å². The van der Waals surface area contributed by atoms with Gasteiger partial charge in [0, 0.05) is 11.0 Å². The molecule has 1 heterocycles. The number of sulfone groups is 1. The Labute approximate surface area is 98.8 Å². The quantitative estimate of drug-likeness (QED) is 0.867. The number of carboxylic acid groups (broad SMARTS) is 1. The molecule has 1 N–H and O–H groups in total. The Balaban J connectivity index is 2.65. The van der Waals surface area contributed by atoms with Crippen molar-refractivity contribution in [3.63, 3.8) is 0 Å². The second-order valence-corrected chi connectivity index (χ2v) is 5.42. The molecular formula is C12H10O4S. The standard InChI is InChI=1S/C12H10O4S/c1-8-4-2-3-5-9(8)10-6-17(15,16)7-11(10)12(13)14/h2-7H,1H3,(H,13,14). The van der Waals surface area contributed by atoms with Crippen LogP contribution in [0.4, 0.5) is 0 Å². The molecule has 0 saturated heterocycles. The van der Waals surface area contributed by atoms with Crippen LogP contribution in [-0.4, -0.2) is 19.5 Å². The van der Waals surface area contributed by atoms with Crippen LogP contribution in [0.5, 0.6) is 0 Å². The van der Waals surface area contributed by atoms with Crippen molar-refractivity contribution >= 4 is 21.4 Å². The molecule has 0 atom stereocenters. The Morgan fingerprint density at radius 2 is 1.82 bits per heavy atom. The number of aliphatic carboxylic acids is 1. The maximum absolute atomic E-state index is 11.4. The zero-order chi connectivity index (χ0) is 12.6. The number of hydrogen-bond donors (Lipinski definition) is 1. The van der Waals surface area contributed by atoms with E-state index in [1.165, 1.54) is 0 Å². The molecule has 88 valence electrons. The highest BCUT2D eigenvalue weighted by Gasteiger charge is 2.26. The molecule has 0 radical (unpaired) electrons. The molecule has 2 rings (SSSR count). The van der Waals surface area contributed by atoms with Crippen LogP contribution in [0.2, 0.25) is 0 Å². The van der Waals surface area contributed by atoms with Crippen molar-refractivity contribution in [3.05, 3.63) is 51.8 Å². The van der Waals surface area contributed by atoms with Crippen molar-refractivity contribution in [2.75, 3.05) is 0 Å². The maximum Gasteiger partial charge on any atom is 0.337 e. The average Bonchev–Trinajstić information content (AvgIpc) is 2.55. The van der Waals surface area contributed by atoms with Crippen LogP contribution in [0.3, 0.4) is 0 Å². The second-order valence-electron chi connectivity index (χ2n) is 3.77. The number of rotatable bonds is 2. The molecule has 4 nitrogen and oxygen atoms in total. The van der Waals surface area contributed by atoms with Crippen molar-refractivity contribution in [2.45, 2.75) is 6.92 Å². The van der Waals surface area contributed by atoms with Crippen LogP contribution in [0.1, 0.15) is 11.1 Å². The third-order valence-electron chi connectivity index (χ3n) is 2.52. The van der Waals surface area contributed by atoms with Gasteiger partial charge in [0.15, 0.2) is 9.84 Å². The van der Waals surface area contributed by atoms with Crippen LogP contribution < -0.4 is 0 Å². The summed E-state index contributed by atoms with van der Waals surface area (Å²) in [6.45, 7) is 1.81. The van der Waals surface area contributed by atoms with Crippen molar-refractivity contribution in [1.29, 1.82) is 0 Å². The summed E-state index contributed by atoms with van der Waals surface area (Å²) >= 11 is 0. The first kappa shape index (κ1) is 11.6. The maximum atomic E-state index is 11.4. The Bertz CT molecular complexity index is 651. The third-order valence-corrected chi connectivity index (χ3v) is 3.65. The molecule has 1 aromatic carbocycles. The van der Waals surface area contributed by atoms with Crippen LogP contribution in [0.25, 0.3) is 5.57 Å². The fourth-order valence-corrected chi connectivity index (χ4v) is 2.95. The molecule has 0 aliphatic carbocycles. The number of carbonyl (C=O) groups is 1. The van der Waals surface area contributed by atoms with Crippen LogP contribution in [0.15, 0.2) is 40.7 Å². The minimum atomic E-state index is -3.56. The molecule has 1 aliphatic rings. The lowest BCUT2D eigenvalue weighted by Gasteiger charge is -2.07. The van der Waals surface area contributed by atoms with Crippen molar-refractivity contribution in [1.82, 2.24) is 0 Å². The van der Waals surface area contributed by atoms with E-state index in [1.807, 2.05) is 6.07 Å². The number of aryl methyl sites for hydroxylation is 1. The van der Waals surface area contributed by atoms with Gasteiger partial charge in [-0.1, -0.05) is 24.3 Å². The molecule has 5 heteroatoms. The van der Waals surface area contributed by atoms with Gasteiger partial charge < -0.3 is 5.11 Å². The lowest BCUT2D eigenvalue weighted by Crippen LogP contribution is -2.01. The molecule has 0 saturated carbocycles. The van der Waals surface area contributed by atoms with Gasteiger partial charge in [0.05, 0.1) is 11.0 Å². The SMILES string of the molecule is Cc1ccccc1C1=CS(=O)(=O)C=C1C(=O)O. The normalized spacial score (nSPS) is 17.5. The van der Waals surface area contributed by atoms with Gasteiger partial charge in [0.1, 0.15) is 0 Å². The number of hydrogen-bond acceptors (Lipinski definition) is 3. The van der Waals surface area contributed by atoms with Gasteiger partial charge in [-0.3, -0.25) is 0 Å². The topological polar surface area (TPSA) is 71.4 Å². The van der Waals surface area contributed by atoms with Gasteiger partial charge in [-0.05, 0) is 18.1 Å². The Kier molecular flexibility index (Phi) is 2.63. The van der Waals surface area contributed by atoms with Gasteiger partial charge in [0.2, 0.25) is 0 Å². The monoisotopic (exact) mass is 250 g/mol. The van der Waals surface area contributed by atoms with E-state index < -0.39 is 15.8 Å². The van der Waals surface area contributed by atoms with Gasteiger partial charge in [-0.25, -0.2) is 13.2 Å². The van der Waals surface area contributed by atoms with Crippen LogP contribution >= 0.6 is 0 Å². The molecule has 0 bridgehead atoms. The van der Waals surface area contributed by atoms with Gasteiger partial charge in [0.25, 0.3) is 0 Å². The first-order chi connectivity index (χ1) is 7.91. The predicted molar refractivity (Wildman–Crippen MR) is 63.8 cm³/mol. The highest BCUT2D eigenvalue weighted by molar-refractivity contribution is 7.97. The smallest absolute Gasteiger partial charge is 0.337 e. The fraction of sp³-hybridized carbons (Fsp3) is 0.0833. The Morgan fingerprint density at radius 3 is 2.41 bits per heavy atom. The first-order valence-corrected chi connectivity index (χ1v) is 6.50. The summed E-state index contributed by atoms with van der Waals surface area (Å²) in [6.07, 6.45) is 0. The molecule has 0 fully saturated rings. The molecule has 0 amide bonds. The fourth-order valence-electron chi connectivity index (χ4n) is 1.74. The van der Waals surface area contributed by atoms with E-state index in [0.717, 1.165) is 16.4 Å². The van der Waals surface area contributed by atoms with Gasteiger partial charge in [-0.15, -0.1) is 0 Å². The number of carboxylic acids is 1. The molecule has 1 aliphatic heterocycles. The molecule has 0 aromatic heterocycles. The summed E-state index contributed by atoms with van der Waals surface area (Å²) in [6, 6.07) is 7.07. The lowest BCUT2D eigenvalue weighted by molar-refractivity contribution is -0.132. The summed E-state index contributed by atoms with van der Waals surface area (Å²) in [5, 5.41) is 10.8. The average molecular weight is 250 g/mol. The predicted octanol–water partition coefficient (Wildman–Crippen LogP) is 1.73. The summed E-state index contributed by atoms with van der Waals surface area (Å²) in [7, 11) is -3.56. The lowest BCUT2D eigenvalue weighted by atomic mass is 9.97. The zero-order valence-electron chi connectivity index (χ0n) is 9.04. The highest BCUT2D eigenvalue weighted by Crippen LogP contribution is 2.32. The minimum Gasteiger partial charge on any atom is -0.478 e. The minimum absolute atomic E-state index is 0.181. The second kappa shape index (κ2) is 3.85. The van der Waals surface area contributed by atoms with Crippen molar-refractivity contribution in [2.24, 2.45) is 0 Å². The molecule has 1 aromatic rings. The van der Waals surface area contributed by atoms with E-state index in [1.54, 1.807) is 25.1 Å². The highest BCUT2D eigenvalue weighted by atomic mass is 32.2. The summed E-state index contributed by atoms with van der Waals surface area (Å²) in [5.74, 6) is -1.24. The first-order valence-electron chi connectivity index (χ1n) is 4.89. The molecule has 0 spiro atoms. The Morgan fingerprint density at radius 1 is 1.18 bits per heavy atom. The summed E-state index contributed by atoms with van der Waals surface area (Å²) in [4.78, 5) is 11.0. The number of benzene rings is 1. The van der Waals surface area contributed by atoms with E-state index in [2.05, 4.69) is 0 Å². The summed E-state index contributed by atoms with van der Waals surface area (Å²) < 4.78 is 22.8. The van der Waals surface area contributed by atoms with E-state index in [4.69, 9.17) is 5.11 Å². The van der Waals surface area contributed by atoms with E-state index in [9.17, 15) is 13.2 Å². The third kappa shape index (κ3) is 2.14. The van der Waals surface area contributed by atoms with Gasteiger partial charge >= 0.3 is 5.97 Å². The van der Waals surface area contributed by atoms with E-state index in [-0.39, 0.29) is 11.1 Å². The Hall–Kier alpha value is -1.88. The van der Waals surface area contributed by atoms with Crippen molar-refractivity contribution in [3.8, 4) is 0 Å². The zero-order valence-corrected chi connectivity index (χ0v) is 9.86. The van der Waals surface area contributed by atoms with E-state index >= 15 is 0 Å². The van der Waals surface area contributed by atoms with Crippen LogP contribution in [-0.2, 0) is 14.6 Å². The molecule has 17 heavy (non-hydrogen) atoms. The van der Waals surface area contributed by atoms with Crippen LogP contribution in [0, 0.1) is 6.92 Å². The van der Waals surface area contributed by atoms with Crippen molar-refractivity contribution < 1.29 is 18.3 Å². The largest absolute Gasteiger partial charge is 0.478 e.